The molecule has 0 amide bonds. The molecule has 0 saturated carbocycles. The topological polar surface area (TPSA) is 88.5 Å². The molecule has 2 aliphatic rings. The summed E-state index contributed by atoms with van der Waals surface area (Å²) in [7, 11) is 0. The predicted molar refractivity (Wildman–Crippen MR) is 155 cm³/mol. The van der Waals surface area contributed by atoms with Gasteiger partial charge in [0.05, 0.1) is 23.9 Å². The zero-order chi connectivity index (χ0) is 30.0. The van der Waals surface area contributed by atoms with Gasteiger partial charge in [-0.2, -0.15) is 5.06 Å². The largest absolute Gasteiger partial charge is 0.462 e. The molecule has 40 heavy (non-hydrogen) atoms. The number of piperidine rings is 2. The van der Waals surface area contributed by atoms with E-state index in [1.165, 1.54) is 10.6 Å². The van der Waals surface area contributed by atoms with Crippen LogP contribution in [0.4, 0.5) is 0 Å². The van der Waals surface area contributed by atoms with E-state index in [9.17, 15) is 14.8 Å². The summed E-state index contributed by atoms with van der Waals surface area (Å²) in [5.74, 6) is 0.447. The zero-order valence-corrected chi connectivity index (χ0v) is 26.3. The Labute approximate surface area is 241 Å². The maximum Gasteiger partial charge on any atom is 0.306 e. The number of hydrogen-bond donors (Lipinski definition) is 1. The van der Waals surface area contributed by atoms with Gasteiger partial charge in [0.25, 0.3) is 0 Å². The lowest BCUT2D eigenvalue weighted by molar-refractivity contribution is -0.254. The standard InChI is InChI=1S/C32H52N2O6/c1-21(2)27-17-25(18-30(6,7)33(27)37)38-28(35)15-16-29(36)39-26-19-31(8,9)34(32(10,20-26)22(3)4)40-24-13-11-23(5)12-14-24/h11-14,21-22,25-27,37H,15-20H2,1-10H3. The second-order valence-corrected chi connectivity index (χ2v) is 14.1. The minimum Gasteiger partial charge on any atom is -0.462 e. The van der Waals surface area contributed by atoms with Gasteiger partial charge in [0, 0.05) is 37.3 Å². The Morgan fingerprint density at radius 2 is 1.40 bits per heavy atom. The molecule has 226 valence electrons. The molecular formula is C32H52N2O6. The number of nitrogens with zero attached hydrogens (tertiary/aromatic N) is 2. The van der Waals surface area contributed by atoms with Crippen molar-refractivity contribution in [3.8, 4) is 5.75 Å². The molecule has 0 aromatic heterocycles. The summed E-state index contributed by atoms with van der Waals surface area (Å²) in [5.41, 5.74) is -0.0947. The molecule has 2 aliphatic heterocycles. The minimum atomic E-state index is -0.495. The molecule has 2 saturated heterocycles. The van der Waals surface area contributed by atoms with Crippen LogP contribution in [0.25, 0.3) is 0 Å². The van der Waals surface area contributed by atoms with Crippen LogP contribution in [0.5, 0.6) is 5.75 Å². The molecule has 2 fully saturated rings. The van der Waals surface area contributed by atoms with Gasteiger partial charge in [0.1, 0.15) is 18.0 Å². The summed E-state index contributed by atoms with van der Waals surface area (Å²) >= 11 is 0. The first-order valence-corrected chi connectivity index (χ1v) is 14.9. The SMILES string of the molecule is Cc1ccc(ON2C(C)(C)CC(OC(=O)CCC(=O)OC3CC(C(C)C)N(O)C(C)(C)C3)CC2(C)C(C)C)cc1. The van der Waals surface area contributed by atoms with Crippen LogP contribution in [-0.4, -0.2) is 62.1 Å². The van der Waals surface area contributed by atoms with Crippen LogP contribution in [0.15, 0.2) is 24.3 Å². The fourth-order valence-corrected chi connectivity index (χ4v) is 6.32. The van der Waals surface area contributed by atoms with Gasteiger partial charge in [-0.05, 0) is 65.5 Å². The van der Waals surface area contributed by atoms with Gasteiger partial charge in [-0.25, -0.2) is 0 Å². The molecular weight excluding hydrogens is 508 g/mol. The van der Waals surface area contributed by atoms with Gasteiger partial charge >= 0.3 is 11.9 Å². The van der Waals surface area contributed by atoms with E-state index in [4.69, 9.17) is 14.3 Å². The number of carbonyl (C=O) groups is 2. The average Bonchev–Trinajstić information content (AvgIpc) is 2.82. The quantitative estimate of drug-likeness (QED) is 0.344. The lowest BCUT2D eigenvalue weighted by atomic mass is 9.73. The van der Waals surface area contributed by atoms with E-state index in [0.717, 1.165) is 5.75 Å². The van der Waals surface area contributed by atoms with Crippen molar-refractivity contribution in [1.82, 2.24) is 10.1 Å². The maximum absolute atomic E-state index is 12.9. The molecule has 0 aliphatic carbocycles. The molecule has 8 heteroatoms. The highest BCUT2D eigenvalue weighted by Crippen LogP contribution is 2.44. The van der Waals surface area contributed by atoms with Crippen LogP contribution in [0.3, 0.4) is 0 Å². The third kappa shape index (κ3) is 7.56. The zero-order valence-electron chi connectivity index (χ0n) is 26.3. The van der Waals surface area contributed by atoms with Crippen LogP contribution in [0.1, 0.15) is 106 Å². The van der Waals surface area contributed by atoms with Gasteiger partial charge < -0.3 is 19.5 Å². The lowest BCUT2D eigenvalue weighted by Gasteiger charge is -2.56. The molecule has 0 spiro atoms. The molecule has 8 nitrogen and oxygen atoms in total. The van der Waals surface area contributed by atoms with E-state index >= 15 is 0 Å². The van der Waals surface area contributed by atoms with Gasteiger partial charge in [-0.15, -0.1) is 5.06 Å². The van der Waals surface area contributed by atoms with Crippen LogP contribution >= 0.6 is 0 Å². The Kier molecular flexibility index (Phi) is 10.0. The summed E-state index contributed by atoms with van der Waals surface area (Å²) in [4.78, 5) is 32.0. The highest BCUT2D eigenvalue weighted by molar-refractivity contribution is 5.77. The predicted octanol–water partition coefficient (Wildman–Crippen LogP) is 6.47. The number of esters is 2. The molecule has 4 atom stereocenters. The molecule has 2 heterocycles. The van der Waals surface area contributed by atoms with Crippen molar-refractivity contribution in [1.29, 1.82) is 0 Å². The summed E-state index contributed by atoms with van der Waals surface area (Å²) in [5, 5.41) is 14.1. The van der Waals surface area contributed by atoms with Crippen LogP contribution in [0.2, 0.25) is 0 Å². The third-order valence-electron chi connectivity index (χ3n) is 8.91. The summed E-state index contributed by atoms with van der Waals surface area (Å²) in [6, 6.07) is 7.94. The molecule has 1 aromatic rings. The second kappa shape index (κ2) is 12.4. The molecule has 3 rings (SSSR count). The van der Waals surface area contributed by atoms with E-state index < -0.39 is 17.0 Å². The number of aryl methyl sites for hydroxylation is 1. The molecule has 1 N–H and O–H groups in total. The molecule has 4 unspecified atom stereocenters. The first-order valence-electron chi connectivity index (χ1n) is 14.9. The highest BCUT2D eigenvalue weighted by Gasteiger charge is 2.52. The van der Waals surface area contributed by atoms with E-state index in [1.807, 2.05) is 45.0 Å². The maximum atomic E-state index is 12.9. The minimum absolute atomic E-state index is 0.0203. The van der Waals surface area contributed by atoms with Crippen molar-refractivity contribution in [3.05, 3.63) is 29.8 Å². The van der Waals surface area contributed by atoms with E-state index in [2.05, 4.69) is 53.5 Å². The summed E-state index contributed by atoms with van der Waals surface area (Å²) in [6.07, 6.45) is 1.72. The number of ether oxygens (including phenoxy) is 2. The third-order valence-corrected chi connectivity index (χ3v) is 8.91. The van der Waals surface area contributed by atoms with Gasteiger partial charge in [-0.1, -0.05) is 45.4 Å². The van der Waals surface area contributed by atoms with Crippen molar-refractivity contribution in [2.24, 2.45) is 11.8 Å². The average molecular weight is 561 g/mol. The first kappa shape index (κ1) is 32.4. The highest BCUT2D eigenvalue weighted by atomic mass is 16.7. The Balaban J connectivity index is 1.58. The Bertz CT molecular complexity index is 1020. The Morgan fingerprint density at radius 1 is 0.875 bits per heavy atom. The summed E-state index contributed by atoms with van der Waals surface area (Å²) in [6.45, 7) is 20.8. The van der Waals surface area contributed by atoms with Crippen molar-refractivity contribution in [3.63, 3.8) is 0 Å². The number of hydroxylamine groups is 4. The van der Waals surface area contributed by atoms with Gasteiger partial charge in [0.15, 0.2) is 0 Å². The number of carbonyl (C=O) groups excluding carboxylic acids is 2. The first-order chi connectivity index (χ1) is 18.4. The molecule has 1 aromatic carbocycles. The molecule has 0 radical (unpaired) electrons. The fraction of sp³-hybridized carbons (Fsp3) is 0.750. The van der Waals surface area contributed by atoms with E-state index in [-0.39, 0.29) is 54.4 Å². The van der Waals surface area contributed by atoms with Crippen LogP contribution in [-0.2, 0) is 19.1 Å². The van der Waals surface area contributed by atoms with Gasteiger partial charge in [-0.3, -0.25) is 9.59 Å². The number of hydrogen-bond acceptors (Lipinski definition) is 8. The Morgan fingerprint density at radius 3 is 1.93 bits per heavy atom. The van der Waals surface area contributed by atoms with Crippen LogP contribution in [0, 0.1) is 18.8 Å². The van der Waals surface area contributed by atoms with E-state index in [1.54, 1.807) is 0 Å². The van der Waals surface area contributed by atoms with Crippen LogP contribution < -0.4 is 4.84 Å². The summed E-state index contributed by atoms with van der Waals surface area (Å²) < 4.78 is 11.7. The Hall–Kier alpha value is -2.16. The fourth-order valence-electron chi connectivity index (χ4n) is 6.32. The van der Waals surface area contributed by atoms with Crippen molar-refractivity contribution in [2.75, 3.05) is 0 Å². The number of rotatable bonds is 9. The normalized spacial score (nSPS) is 28.9. The lowest BCUT2D eigenvalue weighted by Crippen LogP contribution is -2.66. The van der Waals surface area contributed by atoms with Crippen molar-refractivity contribution in [2.45, 2.75) is 143 Å². The number of benzene rings is 1. The molecule has 0 bridgehead atoms. The van der Waals surface area contributed by atoms with Gasteiger partial charge in [0.2, 0.25) is 0 Å². The van der Waals surface area contributed by atoms with Crippen molar-refractivity contribution < 1.29 is 29.1 Å². The monoisotopic (exact) mass is 560 g/mol. The second-order valence-electron chi connectivity index (χ2n) is 14.1. The smallest absolute Gasteiger partial charge is 0.306 e. The van der Waals surface area contributed by atoms with Crippen molar-refractivity contribution >= 4 is 11.9 Å². The van der Waals surface area contributed by atoms with E-state index in [0.29, 0.717) is 25.7 Å².